The van der Waals surface area contributed by atoms with Crippen LogP contribution in [0.1, 0.15) is 24.0 Å². The maximum atomic E-state index is 12.9. The molecule has 1 aliphatic heterocycles. The molecule has 21 heavy (non-hydrogen) atoms. The predicted octanol–water partition coefficient (Wildman–Crippen LogP) is 2.68. The van der Waals surface area contributed by atoms with E-state index >= 15 is 0 Å². The Balaban J connectivity index is 2.11. The van der Waals surface area contributed by atoms with Gasteiger partial charge in [0.05, 0.1) is 17.8 Å². The van der Waals surface area contributed by atoms with Crippen LogP contribution < -0.4 is 4.31 Å². The molecule has 0 atom stereocenters. The van der Waals surface area contributed by atoms with Crippen molar-refractivity contribution in [2.45, 2.75) is 30.2 Å². The summed E-state index contributed by atoms with van der Waals surface area (Å²) in [7, 11) is -3.67. The number of benzene rings is 1. The lowest BCUT2D eigenvalue weighted by Gasteiger charge is -2.24. The first kappa shape index (κ1) is 14.4. The van der Waals surface area contributed by atoms with Gasteiger partial charge in [0, 0.05) is 12.1 Å². The van der Waals surface area contributed by atoms with E-state index in [2.05, 4.69) is 10.2 Å². The second-order valence-corrected chi connectivity index (χ2v) is 7.09. The summed E-state index contributed by atoms with van der Waals surface area (Å²) in [6, 6.07) is 7.64. The Labute approximate surface area is 129 Å². The van der Waals surface area contributed by atoms with E-state index < -0.39 is 10.0 Å². The number of fused-ring (bicyclic) bond motifs is 1. The summed E-state index contributed by atoms with van der Waals surface area (Å²) in [5.41, 5.74) is 2.31. The minimum absolute atomic E-state index is 0.0919. The van der Waals surface area contributed by atoms with Crippen molar-refractivity contribution in [3.05, 3.63) is 41.6 Å². The fraction of sp³-hybridized carbons (Fsp3) is 0.357. The number of para-hydroxylation sites is 1. The molecule has 0 spiro atoms. The van der Waals surface area contributed by atoms with Gasteiger partial charge in [-0.1, -0.05) is 18.2 Å². The van der Waals surface area contributed by atoms with Gasteiger partial charge in [-0.3, -0.25) is 9.40 Å². The number of aromatic nitrogens is 2. The molecule has 0 fully saturated rings. The smallest absolute Gasteiger partial charge is 0.266 e. The zero-order valence-corrected chi connectivity index (χ0v) is 13.0. The van der Waals surface area contributed by atoms with E-state index in [0.717, 1.165) is 30.5 Å². The number of aromatic amines is 1. The van der Waals surface area contributed by atoms with Gasteiger partial charge in [-0.05, 0) is 30.9 Å². The fourth-order valence-electron chi connectivity index (χ4n) is 2.63. The van der Waals surface area contributed by atoms with Crippen LogP contribution in [0.2, 0.25) is 0 Å². The van der Waals surface area contributed by atoms with Crippen LogP contribution >= 0.6 is 11.6 Å². The maximum Gasteiger partial charge on any atom is 0.281 e. The summed E-state index contributed by atoms with van der Waals surface area (Å²) >= 11 is 5.81. The van der Waals surface area contributed by atoms with E-state index in [1.807, 2.05) is 24.3 Å². The highest BCUT2D eigenvalue weighted by Crippen LogP contribution is 2.31. The van der Waals surface area contributed by atoms with Crippen LogP contribution in [0.3, 0.4) is 0 Å². The van der Waals surface area contributed by atoms with Crippen molar-refractivity contribution in [2.24, 2.45) is 0 Å². The third kappa shape index (κ3) is 2.53. The van der Waals surface area contributed by atoms with Crippen LogP contribution in [0.25, 0.3) is 0 Å². The van der Waals surface area contributed by atoms with Gasteiger partial charge in [0.2, 0.25) is 0 Å². The maximum absolute atomic E-state index is 12.9. The predicted molar refractivity (Wildman–Crippen MR) is 82.1 cm³/mol. The van der Waals surface area contributed by atoms with E-state index in [1.54, 1.807) is 0 Å². The van der Waals surface area contributed by atoms with Crippen LogP contribution in [-0.2, 0) is 22.3 Å². The highest BCUT2D eigenvalue weighted by atomic mass is 35.5. The monoisotopic (exact) mass is 325 g/mol. The van der Waals surface area contributed by atoms with E-state index in [-0.39, 0.29) is 10.9 Å². The number of H-pyrrole nitrogens is 1. The molecule has 0 radical (unpaired) electrons. The second kappa shape index (κ2) is 5.69. The first-order valence-electron chi connectivity index (χ1n) is 6.83. The lowest BCUT2D eigenvalue weighted by Crippen LogP contribution is -2.32. The Bertz CT molecular complexity index is 742. The van der Waals surface area contributed by atoms with Crippen molar-refractivity contribution >= 4 is 27.3 Å². The second-order valence-electron chi connectivity index (χ2n) is 5.02. The summed E-state index contributed by atoms with van der Waals surface area (Å²) in [6.45, 7) is 0.472. The van der Waals surface area contributed by atoms with Crippen molar-refractivity contribution < 1.29 is 8.42 Å². The van der Waals surface area contributed by atoms with E-state index in [4.69, 9.17) is 11.6 Å². The number of anilines is 1. The minimum Gasteiger partial charge on any atom is -0.266 e. The zero-order valence-electron chi connectivity index (χ0n) is 11.4. The number of halogens is 1. The molecule has 1 aliphatic rings. The van der Waals surface area contributed by atoms with Crippen LogP contribution in [-0.4, -0.2) is 25.2 Å². The molecule has 1 N–H and O–H groups in total. The number of sulfonamides is 1. The molecule has 5 nitrogen and oxygen atoms in total. The van der Waals surface area contributed by atoms with Gasteiger partial charge < -0.3 is 0 Å². The molecule has 2 aromatic rings. The van der Waals surface area contributed by atoms with Crippen LogP contribution in [0, 0.1) is 0 Å². The lowest BCUT2D eigenvalue weighted by atomic mass is 10.1. The fourth-order valence-corrected chi connectivity index (χ4v) is 4.57. The molecular weight excluding hydrogens is 310 g/mol. The topological polar surface area (TPSA) is 66.1 Å². The highest BCUT2D eigenvalue weighted by molar-refractivity contribution is 7.92. The van der Waals surface area contributed by atoms with E-state index in [1.165, 1.54) is 10.5 Å². The largest absolute Gasteiger partial charge is 0.281 e. The molecule has 0 aliphatic carbocycles. The molecule has 0 saturated carbocycles. The average Bonchev–Trinajstić information content (AvgIpc) is 2.87. The Morgan fingerprint density at radius 1 is 1.29 bits per heavy atom. The Hall–Kier alpha value is -1.53. The number of hydrogen-bond donors (Lipinski definition) is 1. The first-order chi connectivity index (χ1) is 10.1. The van der Waals surface area contributed by atoms with E-state index in [9.17, 15) is 8.42 Å². The number of alkyl halides is 1. The molecule has 3 rings (SSSR count). The highest BCUT2D eigenvalue weighted by Gasteiger charge is 2.30. The van der Waals surface area contributed by atoms with Gasteiger partial charge in [-0.15, -0.1) is 11.6 Å². The molecular formula is C14H16ClN3O2S. The van der Waals surface area contributed by atoms with Crippen LogP contribution in [0.4, 0.5) is 5.69 Å². The van der Waals surface area contributed by atoms with Gasteiger partial charge in [0.15, 0.2) is 5.03 Å². The van der Waals surface area contributed by atoms with Gasteiger partial charge in [-0.2, -0.15) is 13.5 Å². The molecule has 112 valence electrons. The number of aryl methyl sites for hydroxylation is 1. The van der Waals surface area contributed by atoms with E-state index in [0.29, 0.717) is 12.1 Å². The number of hydrogen-bond acceptors (Lipinski definition) is 3. The quantitative estimate of drug-likeness (QED) is 0.882. The van der Waals surface area contributed by atoms with Gasteiger partial charge in [0.25, 0.3) is 10.0 Å². The molecule has 0 unspecified atom stereocenters. The summed E-state index contributed by atoms with van der Waals surface area (Å²) < 4.78 is 27.4. The number of nitrogens with one attached hydrogen (secondary N) is 1. The van der Waals surface area contributed by atoms with Crippen molar-refractivity contribution in [3.8, 4) is 0 Å². The Morgan fingerprint density at radius 3 is 2.90 bits per heavy atom. The number of nitrogens with zero attached hydrogens (tertiary/aromatic N) is 2. The molecule has 7 heteroatoms. The summed E-state index contributed by atoms with van der Waals surface area (Å²) in [5, 5.41) is 6.49. The van der Waals surface area contributed by atoms with Crippen molar-refractivity contribution in [3.63, 3.8) is 0 Å². The van der Waals surface area contributed by atoms with Crippen molar-refractivity contribution in [1.29, 1.82) is 0 Å². The normalized spacial score (nSPS) is 15.6. The van der Waals surface area contributed by atoms with Gasteiger partial charge >= 0.3 is 0 Å². The molecule has 2 heterocycles. The Kier molecular flexibility index (Phi) is 3.91. The van der Waals surface area contributed by atoms with Crippen molar-refractivity contribution in [1.82, 2.24) is 10.2 Å². The van der Waals surface area contributed by atoms with Crippen molar-refractivity contribution in [2.75, 3.05) is 10.8 Å². The minimum atomic E-state index is -3.67. The van der Waals surface area contributed by atoms with Gasteiger partial charge in [0.1, 0.15) is 0 Å². The average molecular weight is 326 g/mol. The molecule has 1 aromatic heterocycles. The first-order valence-corrected chi connectivity index (χ1v) is 8.81. The summed E-state index contributed by atoms with van der Waals surface area (Å²) in [4.78, 5) is 0. The third-order valence-corrected chi connectivity index (χ3v) is 5.80. The molecule has 0 bridgehead atoms. The summed E-state index contributed by atoms with van der Waals surface area (Å²) in [5.74, 6) is 0.112. The molecule has 0 amide bonds. The molecule has 1 aromatic carbocycles. The third-order valence-electron chi connectivity index (χ3n) is 3.69. The SMILES string of the molecule is O=S(=O)(c1[nH]ncc1CCl)N1CCCCc2ccccc21. The zero-order chi connectivity index (χ0) is 14.9. The van der Waals surface area contributed by atoms with Crippen LogP contribution in [0.5, 0.6) is 0 Å². The lowest BCUT2D eigenvalue weighted by molar-refractivity contribution is 0.584. The summed E-state index contributed by atoms with van der Waals surface area (Å²) in [6.07, 6.45) is 4.17. The van der Waals surface area contributed by atoms with Crippen LogP contribution in [0.15, 0.2) is 35.5 Å². The Morgan fingerprint density at radius 2 is 2.10 bits per heavy atom. The molecule has 0 saturated heterocycles. The van der Waals surface area contributed by atoms with Gasteiger partial charge in [-0.25, -0.2) is 0 Å². The standard InChI is InChI=1S/C14H16ClN3O2S/c15-9-12-10-16-17-14(12)21(19,20)18-8-4-3-6-11-5-1-2-7-13(11)18/h1-2,5,7,10H,3-4,6,8-9H2,(H,16,17). The number of rotatable bonds is 3.